The summed E-state index contributed by atoms with van der Waals surface area (Å²) in [6.07, 6.45) is 2.05. The second kappa shape index (κ2) is 7.34. The fourth-order valence-corrected chi connectivity index (χ4v) is 2.91. The standard InChI is InChI=1S/C18H26BNO3S/c1-13(21)24-12-15(11-14-7-9-16(20-6)10-8-14)19-22-17(2,3)18(4,5)23-19/h7-11,20H,12H2,1-6H3. The van der Waals surface area contributed by atoms with Gasteiger partial charge < -0.3 is 14.6 Å². The van der Waals surface area contributed by atoms with Crippen LogP contribution in [0.25, 0.3) is 6.08 Å². The number of rotatable bonds is 5. The summed E-state index contributed by atoms with van der Waals surface area (Å²) in [5.74, 6) is 0.555. The zero-order valence-electron chi connectivity index (χ0n) is 15.3. The van der Waals surface area contributed by atoms with Gasteiger partial charge in [0.15, 0.2) is 5.12 Å². The number of anilines is 1. The molecule has 0 aliphatic carbocycles. The van der Waals surface area contributed by atoms with Crippen LogP contribution in [0.5, 0.6) is 0 Å². The molecule has 0 radical (unpaired) electrons. The monoisotopic (exact) mass is 347 g/mol. The molecule has 2 rings (SSSR count). The van der Waals surface area contributed by atoms with Crippen LogP contribution in [-0.2, 0) is 14.1 Å². The molecular weight excluding hydrogens is 321 g/mol. The van der Waals surface area contributed by atoms with E-state index in [1.165, 1.54) is 11.8 Å². The van der Waals surface area contributed by atoms with Gasteiger partial charge in [0.25, 0.3) is 0 Å². The third-order valence-corrected chi connectivity index (χ3v) is 5.43. The van der Waals surface area contributed by atoms with Crippen LogP contribution in [-0.4, -0.2) is 36.2 Å². The van der Waals surface area contributed by atoms with Gasteiger partial charge in [-0.2, -0.15) is 0 Å². The van der Waals surface area contributed by atoms with Crippen molar-refractivity contribution in [1.29, 1.82) is 0 Å². The molecule has 4 nitrogen and oxygen atoms in total. The third kappa shape index (κ3) is 4.44. The lowest BCUT2D eigenvalue weighted by Gasteiger charge is -2.32. The van der Waals surface area contributed by atoms with Crippen LogP contribution in [0.15, 0.2) is 29.7 Å². The van der Waals surface area contributed by atoms with Crippen LogP contribution < -0.4 is 5.32 Å². The van der Waals surface area contributed by atoms with Crippen molar-refractivity contribution in [2.45, 2.75) is 45.8 Å². The summed E-state index contributed by atoms with van der Waals surface area (Å²) in [5, 5.41) is 3.19. The average molecular weight is 347 g/mol. The van der Waals surface area contributed by atoms with E-state index in [1.54, 1.807) is 6.92 Å². The molecule has 1 aliphatic rings. The number of carbonyl (C=O) groups is 1. The van der Waals surface area contributed by atoms with E-state index in [-0.39, 0.29) is 5.12 Å². The third-order valence-electron chi connectivity index (χ3n) is 4.55. The van der Waals surface area contributed by atoms with Crippen LogP contribution in [0.2, 0.25) is 0 Å². The Kier molecular flexibility index (Phi) is 5.84. The summed E-state index contributed by atoms with van der Waals surface area (Å²) in [7, 11) is 1.45. The fourth-order valence-electron chi connectivity index (χ4n) is 2.32. The van der Waals surface area contributed by atoms with Gasteiger partial charge in [-0.25, -0.2) is 0 Å². The summed E-state index contributed by atoms with van der Waals surface area (Å²) >= 11 is 1.27. The lowest BCUT2D eigenvalue weighted by molar-refractivity contribution is -0.109. The molecule has 1 aliphatic heterocycles. The summed E-state index contributed by atoms with van der Waals surface area (Å²) in [6, 6.07) is 8.11. The fraction of sp³-hybridized carbons (Fsp3) is 0.500. The number of hydrogen-bond donors (Lipinski definition) is 1. The smallest absolute Gasteiger partial charge is 0.400 e. The molecule has 130 valence electrons. The number of carbonyl (C=O) groups excluding carboxylic acids is 1. The lowest BCUT2D eigenvalue weighted by Crippen LogP contribution is -2.41. The normalized spacial score (nSPS) is 19.4. The molecule has 1 N–H and O–H groups in total. The summed E-state index contributed by atoms with van der Waals surface area (Å²) in [6.45, 7) is 9.71. The molecule has 0 saturated carbocycles. The molecule has 0 aromatic heterocycles. The molecule has 0 amide bonds. The Morgan fingerprint density at radius 3 is 2.17 bits per heavy atom. The van der Waals surface area contributed by atoms with Crippen molar-refractivity contribution in [1.82, 2.24) is 0 Å². The van der Waals surface area contributed by atoms with Crippen molar-refractivity contribution in [3.8, 4) is 0 Å². The first-order valence-electron chi connectivity index (χ1n) is 8.12. The van der Waals surface area contributed by atoms with Gasteiger partial charge in [0.05, 0.1) is 11.2 Å². The second-order valence-electron chi connectivity index (χ2n) is 6.96. The first-order valence-corrected chi connectivity index (χ1v) is 9.10. The predicted octanol–water partition coefficient (Wildman–Crippen LogP) is 4.02. The highest BCUT2D eigenvalue weighted by atomic mass is 32.2. The quantitative estimate of drug-likeness (QED) is 0.815. The number of thioether (sulfide) groups is 1. The lowest BCUT2D eigenvalue weighted by atomic mass is 9.78. The second-order valence-corrected chi connectivity index (χ2v) is 8.11. The average Bonchev–Trinajstić information content (AvgIpc) is 2.72. The van der Waals surface area contributed by atoms with Gasteiger partial charge in [0.2, 0.25) is 0 Å². The minimum Gasteiger partial charge on any atom is -0.400 e. The molecule has 0 unspecified atom stereocenters. The minimum absolute atomic E-state index is 0.0861. The van der Waals surface area contributed by atoms with Crippen molar-refractivity contribution in [3.05, 3.63) is 35.3 Å². The van der Waals surface area contributed by atoms with Crippen LogP contribution >= 0.6 is 11.8 Å². The van der Waals surface area contributed by atoms with Crippen LogP contribution in [0, 0.1) is 0 Å². The Morgan fingerprint density at radius 2 is 1.71 bits per heavy atom. The summed E-state index contributed by atoms with van der Waals surface area (Å²) in [4.78, 5) is 11.4. The number of benzene rings is 1. The van der Waals surface area contributed by atoms with E-state index >= 15 is 0 Å². The van der Waals surface area contributed by atoms with Crippen molar-refractivity contribution in [3.63, 3.8) is 0 Å². The Hall–Kier alpha value is -1.24. The molecule has 6 heteroatoms. The van der Waals surface area contributed by atoms with E-state index in [0.29, 0.717) is 5.75 Å². The highest BCUT2D eigenvalue weighted by molar-refractivity contribution is 8.13. The Morgan fingerprint density at radius 1 is 1.17 bits per heavy atom. The summed E-state index contributed by atoms with van der Waals surface area (Å²) in [5.41, 5.74) is 2.29. The maximum atomic E-state index is 11.4. The van der Waals surface area contributed by atoms with Gasteiger partial charge in [-0.3, -0.25) is 4.79 Å². The van der Waals surface area contributed by atoms with Crippen LogP contribution in [0.1, 0.15) is 40.2 Å². The Labute approximate surface area is 149 Å². The molecule has 1 fully saturated rings. The Balaban J connectivity index is 2.27. The van der Waals surface area contributed by atoms with Crippen molar-refractivity contribution >= 4 is 35.8 Å². The molecule has 1 aromatic carbocycles. The van der Waals surface area contributed by atoms with Gasteiger partial charge in [0, 0.05) is 25.4 Å². The van der Waals surface area contributed by atoms with Crippen molar-refractivity contribution < 1.29 is 14.1 Å². The van der Waals surface area contributed by atoms with E-state index in [9.17, 15) is 4.79 Å². The van der Waals surface area contributed by atoms with Crippen LogP contribution in [0.3, 0.4) is 0 Å². The first kappa shape index (κ1) is 19.1. The summed E-state index contributed by atoms with van der Waals surface area (Å²) < 4.78 is 12.3. The van der Waals surface area contributed by atoms with E-state index < -0.39 is 18.3 Å². The van der Waals surface area contributed by atoms with E-state index in [4.69, 9.17) is 9.31 Å². The van der Waals surface area contributed by atoms with Crippen molar-refractivity contribution in [2.75, 3.05) is 18.1 Å². The Bertz CT molecular complexity index is 610. The number of nitrogens with one attached hydrogen (secondary N) is 1. The van der Waals surface area contributed by atoms with Gasteiger partial charge in [-0.1, -0.05) is 30.0 Å². The maximum absolute atomic E-state index is 11.4. The van der Waals surface area contributed by atoms with Gasteiger partial charge in [0.1, 0.15) is 0 Å². The molecule has 1 heterocycles. The van der Waals surface area contributed by atoms with E-state index in [0.717, 1.165) is 16.7 Å². The largest absolute Gasteiger partial charge is 0.491 e. The molecule has 1 saturated heterocycles. The predicted molar refractivity (Wildman–Crippen MR) is 103 cm³/mol. The zero-order chi connectivity index (χ0) is 18.0. The van der Waals surface area contributed by atoms with E-state index in [2.05, 4.69) is 11.4 Å². The highest BCUT2D eigenvalue weighted by Gasteiger charge is 2.52. The van der Waals surface area contributed by atoms with Gasteiger partial charge in [-0.05, 0) is 50.9 Å². The molecular formula is C18H26BNO3S. The minimum atomic E-state index is -0.439. The molecule has 0 spiro atoms. The van der Waals surface area contributed by atoms with Gasteiger partial charge >= 0.3 is 7.12 Å². The topological polar surface area (TPSA) is 47.6 Å². The first-order chi connectivity index (χ1) is 11.1. The number of hydrogen-bond acceptors (Lipinski definition) is 5. The molecule has 0 bridgehead atoms. The highest BCUT2D eigenvalue weighted by Crippen LogP contribution is 2.39. The molecule has 24 heavy (non-hydrogen) atoms. The molecule has 0 atom stereocenters. The maximum Gasteiger partial charge on any atom is 0.491 e. The molecule has 1 aromatic rings. The van der Waals surface area contributed by atoms with Gasteiger partial charge in [-0.15, -0.1) is 0 Å². The SMILES string of the molecule is CNc1ccc(C=C(CSC(C)=O)B2OC(C)(C)C(C)(C)O2)cc1. The van der Waals surface area contributed by atoms with E-state index in [1.807, 2.05) is 59.0 Å². The van der Waals surface area contributed by atoms with Crippen LogP contribution in [0.4, 0.5) is 5.69 Å². The zero-order valence-corrected chi connectivity index (χ0v) is 16.1. The van der Waals surface area contributed by atoms with Crippen molar-refractivity contribution in [2.24, 2.45) is 0 Å².